The second-order valence-electron chi connectivity index (χ2n) is 3.88. The number of hydrogen-bond donors (Lipinski definition) is 2. The van der Waals surface area contributed by atoms with Crippen LogP contribution in [0.15, 0.2) is 9.68 Å². The molecular formula is C10H16ClN7O2S. The number of rotatable bonds is 6. The summed E-state index contributed by atoms with van der Waals surface area (Å²) in [5, 5.41) is 14.8. The third-order valence-electron chi connectivity index (χ3n) is 2.52. The highest BCUT2D eigenvalue weighted by Gasteiger charge is 2.15. The number of nitrogens with two attached hydrogens (primary N) is 1. The lowest BCUT2D eigenvalue weighted by Gasteiger charge is -2.00. The van der Waals surface area contributed by atoms with E-state index in [1.54, 1.807) is 0 Å². The van der Waals surface area contributed by atoms with Crippen LogP contribution in [-0.2, 0) is 19.2 Å². The van der Waals surface area contributed by atoms with Crippen molar-refractivity contribution in [2.75, 3.05) is 13.6 Å². The Hall–Kier alpha value is -1.65. The van der Waals surface area contributed by atoms with Gasteiger partial charge in [-0.25, -0.2) is 0 Å². The predicted molar refractivity (Wildman–Crippen MR) is 78.3 cm³/mol. The van der Waals surface area contributed by atoms with Gasteiger partial charge < -0.3 is 20.1 Å². The summed E-state index contributed by atoms with van der Waals surface area (Å²) in [4.78, 5) is 15.3. The Labute approximate surface area is 131 Å². The summed E-state index contributed by atoms with van der Waals surface area (Å²) in [5.74, 6) is 1.24. The lowest BCUT2D eigenvalue weighted by molar-refractivity contribution is 0.0950. The maximum Gasteiger partial charge on any atom is 0.292 e. The van der Waals surface area contributed by atoms with Crippen molar-refractivity contribution < 1.29 is 9.32 Å². The zero-order valence-electron chi connectivity index (χ0n) is 11.6. The molecule has 0 fully saturated rings. The first-order valence-electron chi connectivity index (χ1n) is 5.91. The molecule has 11 heteroatoms. The first kappa shape index (κ1) is 17.4. The van der Waals surface area contributed by atoms with Gasteiger partial charge >= 0.3 is 0 Å². The minimum Gasteiger partial charge on any atom is -0.352 e. The maximum atomic E-state index is 11.3. The van der Waals surface area contributed by atoms with Gasteiger partial charge in [0.2, 0.25) is 5.89 Å². The van der Waals surface area contributed by atoms with Crippen LogP contribution >= 0.6 is 24.2 Å². The second-order valence-corrected chi connectivity index (χ2v) is 4.82. The summed E-state index contributed by atoms with van der Waals surface area (Å²) in [6.07, 6.45) is 0.672. The van der Waals surface area contributed by atoms with Gasteiger partial charge in [-0.15, -0.1) is 22.6 Å². The number of nitrogens with one attached hydrogen (secondary N) is 1. The molecule has 0 saturated carbocycles. The molecule has 0 saturated heterocycles. The smallest absolute Gasteiger partial charge is 0.292 e. The van der Waals surface area contributed by atoms with E-state index >= 15 is 0 Å². The summed E-state index contributed by atoms with van der Waals surface area (Å²) < 4.78 is 6.85. The van der Waals surface area contributed by atoms with E-state index in [2.05, 4.69) is 25.7 Å². The average molecular weight is 334 g/mol. The number of carbonyl (C=O) groups is 1. The quantitative estimate of drug-likeness (QED) is 0.695. The fraction of sp³-hybridized carbons (Fsp3) is 0.500. The Balaban J connectivity index is 0.00000220. The molecule has 0 aliphatic heterocycles. The van der Waals surface area contributed by atoms with Crippen LogP contribution in [0, 0.1) is 0 Å². The van der Waals surface area contributed by atoms with Gasteiger partial charge in [0.05, 0.1) is 5.75 Å². The first-order valence-corrected chi connectivity index (χ1v) is 6.90. The Kier molecular flexibility index (Phi) is 6.59. The Morgan fingerprint density at radius 2 is 2.24 bits per heavy atom. The van der Waals surface area contributed by atoms with Crippen molar-refractivity contribution in [2.45, 2.75) is 17.3 Å². The van der Waals surface area contributed by atoms with E-state index in [0.717, 1.165) is 11.0 Å². The van der Waals surface area contributed by atoms with Gasteiger partial charge in [-0.1, -0.05) is 16.9 Å². The highest BCUT2D eigenvalue weighted by atomic mass is 35.5. The highest BCUT2D eigenvalue weighted by molar-refractivity contribution is 7.98. The van der Waals surface area contributed by atoms with E-state index < -0.39 is 0 Å². The molecule has 0 aliphatic rings. The summed E-state index contributed by atoms with van der Waals surface area (Å²) in [5.41, 5.74) is 5.49. The molecule has 21 heavy (non-hydrogen) atoms. The number of nitrogens with zero attached hydrogens (tertiary/aromatic N) is 5. The molecule has 2 aromatic rings. The van der Waals surface area contributed by atoms with Gasteiger partial charge in [0.1, 0.15) is 5.82 Å². The molecule has 0 unspecified atom stereocenters. The third kappa shape index (κ3) is 4.16. The zero-order chi connectivity index (χ0) is 14.5. The molecule has 0 spiro atoms. The number of hydrogen-bond acceptors (Lipinski definition) is 8. The van der Waals surface area contributed by atoms with E-state index in [1.165, 1.54) is 18.8 Å². The monoisotopic (exact) mass is 333 g/mol. The van der Waals surface area contributed by atoms with Gasteiger partial charge in [0, 0.05) is 20.5 Å². The first-order chi connectivity index (χ1) is 9.65. The highest BCUT2D eigenvalue weighted by Crippen LogP contribution is 2.20. The topological polar surface area (TPSA) is 125 Å². The van der Waals surface area contributed by atoms with Crippen LogP contribution in [0.25, 0.3) is 0 Å². The summed E-state index contributed by atoms with van der Waals surface area (Å²) >= 11 is 1.40. The third-order valence-corrected chi connectivity index (χ3v) is 3.52. The lowest BCUT2D eigenvalue weighted by Crippen LogP contribution is -2.19. The number of halogens is 1. The van der Waals surface area contributed by atoms with E-state index in [-0.39, 0.29) is 24.1 Å². The van der Waals surface area contributed by atoms with E-state index in [9.17, 15) is 4.79 Å². The largest absolute Gasteiger partial charge is 0.352 e. The molecule has 0 radical (unpaired) electrons. The molecule has 9 nitrogen and oxygen atoms in total. The molecule has 0 bridgehead atoms. The van der Waals surface area contributed by atoms with Crippen molar-refractivity contribution in [3.05, 3.63) is 17.5 Å². The summed E-state index contributed by atoms with van der Waals surface area (Å²) in [7, 11) is 3.38. The van der Waals surface area contributed by atoms with Crippen LogP contribution in [0.1, 0.15) is 22.3 Å². The van der Waals surface area contributed by atoms with Crippen molar-refractivity contribution in [3.8, 4) is 0 Å². The fourth-order valence-electron chi connectivity index (χ4n) is 1.46. The molecule has 116 valence electrons. The van der Waals surface area contributed by atoms with Gasteiger partial charge in [-0.3, -0.25) is 4.79 Å². The van der Waals surface area contributed by atoms with Crippen LogP contribution in [0.3, 0.4) is 0 Å². The van der Waals surface area contributed by atoms with Gasteiger partial charge in [-0.2, -0.15) is 4.98 Å². The van der Waals surface area contributed by atoms with Crippen LogP contribution in [0.4, 0.5) is 0 Å². The van der Waals surface area contributed by atoms with Gasteiger partial charge in [0.15, 0.2) is 5.16 Å². The summed E-state index contributed by atoms with van der Waals surface area (Å²) in [6.45, 7) is 0.524. The second kappa shape index (κ2) is 7.96. The average Bonchev–Trinajstić information content (AvgIpc) is 3.05. The molecule has 1 amide bonds. The van der Waals surface area contributed by atoms with Crippen molar-refractivity contribution in [3.63, 3.8) is 0 Å². The normalized spacial score (nSPS) is 10.2. The molecule has 2 aromatic heterocycles. The Bertz CT molecular complexity index is 600. The fourth-order valence-corrected chi connectivity index (χ4v) is 2.23. The number of aromatic nitrogens is 5. The van der Waals surface area contributed by atoms with Gasteiger partial charge in [-0.05, 0) is 6.54 Å². The minimum absolute atomic E-state index is 0. The van der Waals surface area contributed by atoms with Crippen molar-refractivity contribution >= 4 is 30.1 Å². The van der Waals surface area contributed by atoms with E-state index in [1.807, 2.05) is 11.6 Å². The number of amides is 1. The SMILES string of the molecule is CNC(=O)c1noc(CSc2nnc(CCN)n2C)n1.Cl. The zero-order valence-corrected chi connectivity index (χ0v) is 13.2. The van der Waals surface area contributed by atoms with Crippen molar-refractivity contribution in [1.82, 2.24) is 30.2 Å². The molecule has 3 N–H and O–H groups in total. The lowest BCUT2D eigenvalue weighted by atomic mass is 10.4. The Morgan fingerprint density at radius 1 is 1.48 bits per heavy atom. The van der Waals surface area contributed by atoms with Crippen LogP contribution < -0.4 is 11.1 Å². The Morgan fingerprint density at radius 3 is 2.90 bits per heavy atom. The molecule has 0 aliphatic carbocycles. The molecule has 2 heterocycles. The minimum atomic E-state index is -0.381. The standard InChI is InChI=1S/C10H15N7O2S.ClH/c1-12-9(18)8-13-7(19-16-8)5-20-10-15-14-6(3-4-11)17(10)2;/h3-5,11H2,1-2H3,(H,12,18);1H. The molecule has 0 aromatic carbocycles. The van der Waals surface area contributed by atoms with Crippen molar-refractivity contribution in [2.24, 2.45) is 12.8 Å². The van der Waals surface area contributed by atoms with Crippen molar-refractivity contribution in [1.29, 1.82) is 0 Å². The van der Waals surface area contributed by atoms with Crippen LogP contribution in [0.2, 0.25) is 0 Å². The van der Waals surface area contributed by atoms with E-state index in [4.69, 9.17) is 10.3 Å². The summed E-state index contributed by atoms with van der Waals surface area (Å²) in [6, 6.07) is 0. The van der Waals surface area contributed by atoms with E-state index in [0.29, 0.717) is 24.6 Å². The van der Waals surface area contributed by atoms with Gasteiger partial charge in [0.25, 0.3) is 11.7 Å². The predicted octanol–water partition coefficient (Wildman–Crippen LogP) is -0.227. The van der Waals surface area contributed by atoms with Crippen LogP contribution in [0.5, 0.6) is 0 Å². The molecule has 2 rings (SSSR count). The maximum absolute atomic E-state index is 11.3. The molecule has 0 atom stereocenters. The molecular weight excluding hydrogens is 318 g/mol. The number of thioether (sulfide) groups is 1. The van der Waals surface area contributed by atoms with Crippen LogP contribution in [-0.4, -0.2) is 44.4 Å². The number of carbonyl (C=O) groups excluding carboxylic acids is 1.